The fraction of sp³-hybridized carbons (Fsp3) is 0.476. The van der Waals surface area contributed by atoms with Crippen LogP contribution in [0.5, 0.6) is 5.75 Å². The number of aliphatic hydroxyl groups excluding tert-OH is 1. The van der Waals surface area contributed by atoms with E-state index in [0.717, 1.165) is 23.8 Å². The highest BCUT2D eigenvalue weighted by molar-refractivity contribution is 7.33. The van der Waals surface area contributed by atoms with E-state index in [-0.39, 0.29) is 12.4 Å². The first kappa shape index (κ1) is 27.9. The molecule has 0 saturated carbocycles. The fourth-order valence-corrected chi connectivity index (χ4v) is 4.25. The highest BCUT2D eigenvalue weighted by atomic mass is 35.5. The summed E-state index contributed by atoms with van der Waals surface area (Å²) in [6.07, 6.45) is -6.02. The van der Waals surface area contributed by atoms with Gasteiger partial charge in [-0.25, -0.2) is 14.0 Å². The van der Waals surface area contributed by atoms with E-state index in [9.17, 15) is 24.4 Å². The van der Waals surface area contributed by atoms with Gasteiger partial charge in [-0.3, -0.25) is 14.3 Å². The third kappa shape index (κ3) is 6.36. The third-order valence-corrected chi connectivity index (χ3v) is 6.36. The standard InChI is InChI=1S/C21H24ClFN3O9P/c1-4-32-17(29)11(2)25-36(31)35-18(33-13-7-5-12(22)6-8-13)15-16(28)21(3,23)19(34-15)26-10-9-14(27)24-20(26)30/h5-11,15-16,18-19,28H,4H2,1-3H3,(H,24,27,30)/t11-,15+,16+,18?,19+,21+/m0/s1. The number of alkyl halides is 1. The Morgan fingerprint density at radius 3 is 2.67 bits per heavy atom. The molecule has 1 aromatic carbocycles. The smallest absolute Gasteiger partial charge is 0.346 e. The minimum Gasteiger partial charge on any atom is -0.583 e. The molecule has 1 aromatic heterocycles. The number of halogens is 2. The van der Waals surface area contributed by atoms with Crippen molar-refractivity contribution in [1.29, 1.82) is 0 Å². The molecule has 2 N–H and O–H groups in total. The number of aromatic amines is 1. The van der Waals surface area contributed by atoms with Crippen LogP contribution in [0, 0.1) is 0 Å². The normalized spacial score (nSPS) is 25.9. The highest BCUT2D eigenvalue weighted by Crippen LogP contribution is 2.43. The minimum absolute atomic E-state index is 0.0847. The summed E-state index contributed by atoms with van der Waals surface area (Å²) in [5.74, 6) is -0.613. The van der Waals surface area contributed by atoms with Crippen molar-refractivity contribution in [2.45, 2.75) is 57.2 Å². The van der Waals surface area contributed by atoms with Crippen LogP contribution in [0.4, 0.5) is 4.39 Å². The number of H-pyrrole nitrogens is 1. The van der Waals surface area contributed by atoms with E-state index in [1.165, 1.54) is 31.2 Å². The molecule has 0 aliphatic carbocycles. The van der Waals surface area contributed by atoms with Crippen molar-refractivity contribution in [1.82, 2.24) is 9.55 Å². The zero-order valence-corrected chi connectivity index (χ0v) is 21.0. The number of nitrogens with one attached hydrogen (secondary N) is 1. The molecule has 1 aliphatic heterocycles. The molecule has 12 nitrogen and oxygen atoms in total. The minimum atomic E-state index is -2.96. The maximum Gasteiger partial charge on any atom is 0.346 e. The van der Waals surface area contributed by atoms with Crippen LogP contribution in [-0.2, 0) is 18.8 Å². The summed E-state index contributed by atoms with van der Waals surface area (Å²) in [6, 6.07) is 5.65. The SMILES string of the molecule is CCOC(=O)[C@H](C)/N=[P+](\[O-])OC(Oc1ccc(Cl)cc1)[C@@H]1O[C@@H](n2ccc(=O)[nH]c2=O)[C@](C)(F)[C@@H]1O. The summed E-state index contributed by atoms with van der Waals surface area (Å²) < 4.78 is 41.6. The molecule has 0 amide bonds. The molecule has 2 aromatic rings. The molecule has 0 spiro atoms. The van der Waals surface area contributed by atoms with E-state index >= 15 is 4.39 Å². The number of rotatable bonds is 9. The molecule has 1 saturated heterocycles. The van der Waals surface area contributed by atoms with Crippen LogP contribution < -0.4 is 20.9 Å². The molecule has 2 heterocycles. The van der Waals surface area contributed by atoms with Crippen LogP contribution in [0.25, 0.3) is 0 Å². The molecule has 36 heavy (non-hydrogen) atoms. The fourth-order valence-electron chi connectivity index (χ4n) is 3.35. The average Bonchev–Trinajstić information content (AvgIpc) is 3.04. The quantitative estimate of drug-likeness (QED) is 0.268. The highest BCUT2D eigenvalue weighted by Gasteiger charge is 2.59. The van der Waals surface area contributed by atoms with Crippen LogP contribution in [0.15, 0.2) is 50.9 Å². The average molecular weight is 548 g/mol. The zero-order valence-electron chi connectivity index (χ0n) is 19.4. The number of ether oxygens (including phenoxy) is 3. The summed E-state index contributed by atoms with van der Waals surface area (Å²) in [5, 5.41) is 11.2. The van der Waals surface area contributed by atoms with Crippen molar-refractivity contribution in [3.05, 3.63) is 62.4 Å². The van der Waals surface area contributed by atoms with Gasteiger partial charge in [0.05, 0.1) is 6.61 Å². The second-order valence-corrected chi connectivity index (χ2v) is 9.25. The molecule has 15 heteroatoms. The van der Waals surface area contributed by atoms with Gasteiger partial charge in [-0.2, -0.15) is 0 Å². The largest absolute Gasteiger partial charge is 0.583 e. The van der Waals surface area contributed by atoms with Gasteiger partial charge in [0.25, 0.3) is 11.8 Å². The maximum absolute atomic E-state index is 15.7. The molecule has 0 radical (unpaired) electrons. The molecule has 1 fully saturated rings. The Morgan fingerprint density at radius 2 is 2.06 bits per heavy atom. The number of aromatic nitrogens is 2. The van der Waals surface area contributed by atoms with E-state index in [4.69, 9.17) is 30.3 Å². The topological polar surface area (TPSA) is 164 Å². The van der Waals surface area contributed by atoms with Crippen LogP contribution in [0.3, 0.4) is 0 Å². The molecular weight excluding hydrogens is 524 g/mol. The number of aliphatic hydroxyl groups is 1. The number of hydrogen-bond donors (Lipinski definition) is 2. The lowest BCUT2D eigenvalue weighted by Gasteiger charge is -2.25. The number of benzene rings is 1. The molecule has 196 valence electrons. The lowest BCUT2D eigenvalue weighted by atomic mass is 9.98. The predicted octanol–water partition coefficient (Wildman–Crippen LogP) is 1.41. The van der Waals surface area contributed by atoms with Crippen LogP contribution in [-0.4, -0.2) is 57.4 Å². The van der Waals surface area contributed by atoms with E-state index in [2.05, 4.69) is 4.74 Å². The number of carbonyl (C=O) groups excluding carboxylic acids is 1. The number of carbonyl (C=O) groups is 1. The van der Waals surface area contributed by atoms with E-state index in [0.29, 0.717) is 5.02 Å². The summed E-state index contributed by atoms with van der Waals surface area (Å²) in [5.41, 5.74) is -4.28. The van der Waals surface area contributed by atoms with Gasteiger partial charge in [-0.1, -0.05) is 16.3 Å². The first-order valence-corrected chi connectivity index (χ1v) is 12.2. The zero-order chi connectivity index (χ0) is 26.6. The Labute approximate surface area is 210 Å². The Kier molecular flexibility index (Phi) is 8.98. The third-order valence-electron chi connectivity index (χ3n) is 5.19. The Balaban J connectivity index is 1.93. The first-order chi connectivity index (χ1) is 16.9. The van der Waals surface area contributed by atoms with Crippen molar-refractivity contribution in [2.24, 2.45) is 4.74 Å². The van der Waals surface area contributed by atoms with E-state index in [1.807, 2.05) is 4.98 Å². The van der Waals surface area contributed by atoms with Gasteiger partial charge < -0.3 is 24.2 Å². The number of nitrogens with zero attached hydrogens (tertiary/aromatic N) is 2. The van der Waals surface area contributed by atoms with Crippen LogP contribution in [0.2, 0.25) is 5.02 Å². The number of esters is 1. The van der Waals surface area contributed by atoms with E-state index in [1.54, 1.807) is 6.92 Å². The Bertz CT molecular complexity index is 1220. The van der Waals surface area contributed by atoms with Gasteiger partial charge in [-0.05, 0) is 45.0 Å². The van der Waals surface area contributed by atoms with Gasteiger partial charge in [0.2, 0.25) is 0 Å². The van der Waals surface area contributed by atoms with Crippen molar-refractivity contribution in [3.63, 3.8) is 0 Å². The van der Waals surface area contributed by atoms with Crippen molar-refractivity contribution in [3.8, 4) is 5.75 Å². The lowest BCUT2D eigenvalue weighted by molar-refractivity contribution is -0.206. The molecule has 3 rings (SSSR count). The molecular formula is C21H24ClFN3O9P. The van der Waals surface area contributed by atoms with Crippen molar-refractivity contribution < 1.29 is 37.9 Å². The maximum atomic E-state index is 15.7. The summed E-state index contributed by atoms with van der Waals surface area (Å²) in [7, 11) is -2.96. The van der Waals surface area contributed by atoms with Gasteiger partial charge in [0.15, 0.2) is 24.0 Å². The monoisotopic (exact) mass is 547 g/mol. The Morgan fingerprint density at radius 1 is 1.39 bits per heavy atom. The lowest BCUT2D eigenvalue weighted by Crippen LogP contribution is -2.46. The second-order valence-electron chi connectivity index (χ2n) is 7.89. The Hall–Kier alpha value is -2.67. The van der Waals surface area contributed by atoms with Gasteiger partial charge in [-0.15, -0.1) is 4.52 Å². The predicted molar refractivity (Wildman–Crippen MR) is 123 cm³/mol. The van der Waals surface area contributed by atoms with Crippen molar-refractivity contribution in [2.75, 3.05) is 6.61 Å². The summed E-state index contributed by atoms with van der Waals surface area (Å²) in [4.78, 5) is 50.0. The molecule has 7 atom stereocenters. The van der Waals surface area contributed by atoms with Crippen LogP contribution >= 0.6 is 19.8 Å². The van der Waals surface area contributed by atoms with Gasteiger partial charge in [0, 0.05) is 17.3 Å². The summed E-state index contributed by atoms with van der Waals surface area (Å²) in [6.45, 7) is 3.99. The first-order valence-electron chi connectivity index (χ1n) is 10.7. The van der Waals surface area contributed by atoms with Gasteiger partial charge in [0.1, 0.15) is 11.9 Å². The second kappa shape index (κ2) is 11.6. The summed E-state index contributed by atoms with van der Waals surface area (Å²) >= 11 is 5.88. The molecule has 0 bridgehead atoms. The van der Waals surface area contributed by atoms with Gasteiger partial charge >= 0.3 is 19.8 Å². The van der Waals surface area contributed by atoms with Crippen molar-refractivity contribution >= 4 is 25.7 Å². The molecule has 2 unspecified atom stereocenters. The molecule has 1 aliphatic rings. The van der Waals surface area contributed by atoms with Crippen LogP contribution in [0.1, 0.15) is 27.0 Å². The van der Waals surface area contributed by atoms with E-state index < -0.39 is 61.8 Å². The number of hydrogen-bond acceptors (Lipinski definition) is 10.